The third-order valence-corrected chi connectivity index (χ3v) is 5.35. The van der Waals surface area contributed by atoms with Crippen LogP contribution in [0.15, 0.2) is 54.6 Å². The van der Waals surface area contributed by atoms with Crippen molar-refractivity contribution in [2.24, 2.45) is 5.73 Å². The predicted molar refractivity (Wildman–Crippen MR) is 107 cm³/mol. The lowest BCUT2D eigenvalue weighted by atomic mass is 9.92. The Morgan fingerprint density at radius 1 is 1.11 bits per heavy atom. The topological polar surface area (TPSA) is 78.6 Å². The Kier molecular flexibility index (Phi) is 6.26. The van der Waals surface area contributed by atoms with Gasteiger partial charge in [-0.05, 0) is 36.5 Å². The Balaban J connectivity index is 1.63. The smallest absolute Gasteiger partial charge is 0.244 e. The minimum atomic E-state index is -1.07. The highest BCUT2D eigenvalue weighted by Crippen LogP contribution is 2.19. The standard InChI is InChI=1S/C22H29N3O2/c1-22(23,19-9-3-2-4-10-19)21(27)24-15-17-7-5-6-8-18(17)16-25-13-11-20(26)12-14-25/h2-10,20,26H,11-16,23H2,1H3,(H,24,27). The Hall–Kier alpha value is -2.21. The summed E-state index contributed by atoms with van der Waals surface area (Å²) in [6, 6.07) is 17.6. The molecule has 0 bridgehead atoms. The molecular weight excluding hydrogens is 338 g/mol. The van der Waals surface area contributed by atoms with E-state index in [1.165, 1.54) is 5.56 Å². The van der Waals surface area contributed by atoms with Crippen LogP contribution < -0.4 is 11.1 Å². The molecule has 1 fully saturated rings. The number of carbonyl (C=O) groups excluding carboxylic acids is 1. The number of nitrogens with two attached hydrogens (primary N) is 1. The second-order valence-electron chi connectivity index (χ2n) is 7.53. The number of rotatable bonds is 6. The van der Waals surface area contributed by atoms with Crippen LogP contribution in [0.1, 0.15) is 36.5 Å². The number of carbonyl (C=O) groups is 1. The van der Waals surface area contributed by atoms with Crippen LogP contribution in [0.25, 0.3) is 0 Å². The molecule has 0 aromatic heterocycles. The van der Waals surface area contributed by atoms with E-state index in [4.69, 9.17) is 5.73 Å². The van der Waals surface area contributed by atoms with Gasteiger partial charge in [-0.3, -0.25) is 9.69 Å². The van der Waals surface area contributed by atoms with Crippen LogP contribution in [-0.4, -0.2) is 35.1 Å². The fraction of sp³-hybridized carbons (Fsp3) is 0.409. The normalized spacial score (nSPS) is 18.0. The summed E-state index contributed by atoms with van der Waals surface area (Å²) in [7, 11) is 0. The van der Waals surface area contributed by atoms with Crippen molar-refractivity contribution in [1.29, 1.82) is 0 Å². The highest BCUT2D eigenvalue weighted by atomic mass is 16.3. The zero-order valence-electron chi connectivity index (χ0n) is 15.9. The first-order valence-corrected chi connectivity index (χ1v) is 9.56. The Morgan fingerprint density at radius 2 is 1.70 bits per heavy atom. The van der Waals surface area contributed by atoms with Gasteiger partial charge in [0.15, 0.2) is 0 Å². The van der Waals surface area contributed by atoms with Crippen LogP contribution in [0.3, 0.4) is 0 Å². The number of hydrogen-bond donors (Lipinski definition) is 3. The summed E-state index contributed by atoms with van der Waals surface area (Å²) < 4.78 is 0. The Labute approximate surface area is 161 Å². The fourth-order valence-corrected chi connectivity index (χ4v) is 3.48. The molecule has 1 amide bonds. The molecule has 1 heterocycles. The Bertz CT molecular complexity index is 753. The van der Waals surface area contributed by atoms with Crippen molar-refractivity contribution in [3.8, 4) is 0 Å². The lowest BCUT2D eigenvalue weighted by molar-refractivity contribution is -0.126. The van der Waals surface area contributed by atoms with E-state index in [1.807, 2.05) is 48.5 Å². The molecule has 2 aromatic carbocycles. The number of nitrogens with one attached hydrogen (secondary N) is 1. The predicted octanol–water partition coefficient (Wildman–Crippen LogP) is 2.13. The molecule has 0 aliphatic carbocycles. The molecule has 0 spiro atoms. The maximum absolute atomic E-state index is 12.7. The average Bonchev–Trinajstić information content (AvgIpc) is 2.69. The van der Waals surface area contributed by atoms with Gasteiger partial charge in [0.2, 0.25) is 5.91 Å². The van der Waals surface area contributed by atoms with E-state index in [0.29, 0.717) is 6.54 Å². The molecule has 1 unspecified atom stereocenters. The van der Waals surface area contributed by atoms with E-state index in [1.54, 1.807) is 6.92 Å². The highest BCUT2D eigenvalue weighted by Gasteiger charge is 2.30. The van der Waals surface area contributed by atoms with Crippen molar-refractivity contribution >= 4 is 5.91 Å². The van der Waals surface area contributed by atoms with Gasteiger partial charge < -0.3 is 16.2 Å². The first-order valence-electron chi connectivity index (χ1n) is 9.56. The van der Waals surface area contributed by atoms with Gasteiger partial charge >= 0.3 is 0 Å². The summed E-state index contributed by atoms with van der Waals surface area (Å²) in [6.45, 7) is 4.82. The molecule has 0 saturated carbocycles. The summed E-state index contributed by atoms with van der Waals surface area (Å²) in [4.78, 5) is 15.1. The summed E-state index contributed by atoms with van der Waals surface area (Å²) in [5.41, 5.74) is 8.33. The van der Waals surface area contributed by atoms with E-state index in [0.717, 1.165) is 43.6 Å². The number of amides is 1. The number of nitrogens with zero attached hydrogens (tertiary/aromatic N) is 1. The van der Waals surface area contributed by atoms with Crippen molar-refractivity contribution in [2.45, 2.75) is 44.5 Å². The largest absolute Gasteiger partial charge is 0.393 e. The molecule has 0 radical (unpaired) electrons. The zero-order valence-corrected chi connectivity index (χ0v) is 15.9. The van der Waals surface area contributed by atoms with Crippen LogP contribution in [0.4, 0.5) is 0 Å². The summed E-state index contributed by atoms with van der Waals surface area (Å²) >= 11 is 0. The number of hydrogen-bond acceptors (Lipinski definition) is 4. The lowest BCUT2D eigenvalue weighted by Crippen LogP contribution is -2.48. The van der Waals surface area contributed by atoms with E-state index in [9.17, 15) is 9.90 Å². The molecular formula is C22H29N3O2. The van der Waals surface area contributed by atoms with Crippen LogP contribution in [-0.2, 0) is 23.4 Å². The van der Waals surface area contributed by atoms with E-state index in [-0.39, 0.29) is 12.0 Å². The molecule has 4 N–H and O–H groups in total. The molecule has 3 rings (SSSR count). The first kappa shape index (κ1) is 19.5. The van der Waals surface area contributed by atoms with Crippen LogP contribution in [0.2, 0.25) is 0 Å². The molecule has 1 atom stereocenters. The maximum Gasteiger partial charge on any atom is 0.244 e. The minimum Gasteiger partial charge on any atom is -0.393 e. The van der Waals surface area contributed by atoms with Gasteiger partial charge in [-0.2, -0.15) is 0 Å². The van der Waals surface area contributed by atoms with Crippen molar-refractivity contribution < 1.29 is 9.90 Å². The maximum atomic E-state index is 12.7. The van der Waals surface area contributed by atoms with Gasteiger partial charge in [-0.25, -0.2) is 0 Å². The fourth-order valence-electron chi connectivity index (χ4n) is 3.48. The van der Waals surface area contributed by atoms with Crippen LogP contribution in [0, 0.1) is 0 Å². The monoisotopic (exact) mass is 367 g/mol. The van der Waals surface area contributed by atoms with Crippen LogP contribution in [0.5, 0.6) is 0 Å². The number of aliphatic hydroxyl groups excluding tert-OH is 1. The van der Waals surface area contributed by atoms with Crippen molar-refractivity contribution in [3.05, 3.63) is 71.3 Å². The van der Waals surface area contributed by atoms with E-state index < -0.39 is 5.54 Å². The number of likely N-dealkylation sites (tertiary alicyclic amines) is 1. The molecule has 1 saturated heterocycles. The molecule has 5 heteroatoms. The van der Waals surface area contributed by atoms with E-state index in [2.05, 4.69) is 16.3 Å². The van der Waals surface area contributed by atoms with Crippen LogP contribution >= 0.6 is 0 Å². The SMILES string of the molecule is CC(N)(C(=O)NCc1ccccc1CN1CCC(O)CC1)c1ccccc1. The second kappa shape index (κ2) is 8.65. The third kappa shape index (κ3) is 4.95. The number of benzene rings is 2. The molecule has 1 aliphatic rings. The summed E-state index contributed by atoms with van der Waals surface area (Å²) in [5.74, 6) is -0.190. The molecule has 2 aromatic rings. The first-order chi connectivity index (χ1) is 13.0. The van der Waals surface area contributed by atoms with E-state index >= 15 is 0 Å². The molecule has 144 valence electrons. The van der Waals surface area contributed by atoms with Crippen molar-refractivity contribution in [3.63, 3.8) is 0 Å². The summed E-state index contributed by atoms with van der Waals surface area (Å²) in [6.07, 6.45) is 1.47. The summed E-state index contributed by atoms with van der Waals surface area (Å²) in [5, 5.41) is 12.7. The minimum absolute atomic E-state index is 0.170. The third-order valence-electron chi connectivity index (χ3n) is 5.35. The van der Waals surface area contributed by atoms with Gasteiger partial charge in [0.25, 0.3) is 0 Å². The van der Waals surface area contributed by atoms with Gasteiger partial charge in [0.1, 0.15) is 5.54 Å². The van der Waals surface area contributed by atoms with Gasteiger partial charge in [-0.15, -0.1) is 0 Å². The quantitative estimate of drug-likeness (QED) is 0.731. The van der Waals surface area contributed by atoms with Gasteiger partial charge in [-0.1, -0.05) is 54.6 Å². The lowest BCUT2D eigenvalue weighted by Gasteiger charge is -2.30. The molecule has 1 aliphatic heterocycles. The molecule has 5 nitrogen and oxygen atoms in total. The Morgan fingerprint density at radius 3 is 2.37 bits per heavy atom. The average molecular weight is 367 g/mol. The van der Waals surface area contributed by atoms with Crippen molar-refractivity contribution in [1.82, 2.24) is 10.2 Å². The van der Waals surface area contributed by atoms with Crippen molar-refractivity contribution in [2.75, 3.05) is 13.1 Å². The number of aliphatic hydroxyl groups is 1. The van der Waals surface area contributed by atoms with Gasteiger partial charge in [0.05, 0.1) is 6.10 Å². The zero-order chi connectivity index (χ0) is 19.3. The molecule has 27 heavy (non-hydrogen) atoms. The highest BCUT2D eigenvalue weighted by molar-refractivity contribution is 5.86. The van der Waals surface area contributed by atoms with Gasteiger partial charge in [0, 0.05) is 26.2 Å². The number of piperidine rings is 1. The second-order valence-corrected chi connectivity index (χ2v) is 7.53.